The maximum Gasteiger partial charge on any atom is 0.469 e. The Morgan fingerprint density at radius 1 is 0.450 bits per heavy atom. The molecule has 348 valence electrons. The van der Waals surface area contributed by atoms with Gasteiger partial charge in [0.25, 0.3) is 0 Å². The summed E-state index contributed by atoms with van der Waals surface area (Å²) >= 11 is 0. The molecule has 0 aromatic rings. The van der Waals surface area contributed by atoms with Crippen molar-refractivity contribution in [1.82, 2.24) is 0 Å². The van der Waals surface area contributed by atoms with E-state index in [-0.39, 0.29) is 19.4 Å². The van der Waals surface area contributed by atoms with Crippen LogP contribution in [0.3, 0.4) is 0 Å². The van der Waals surface area contributed by atoms with E-state index >= 15 is 0 Å². The Morgan fingerprint density at radius 2 is 0.800 bits per heavy atom. The van der Waals surface area contributed by atoms with Crippen molar-refractivity contribution in [1.29, 1.82) is 0 Å². The molecule has 0 spiro atoms. The molecule has 0 heterocycles. The average molecular weight is 863 g/mol. The van der Waals surface area contributed by atoms with E-state index in [1.54, 1.807) is 0 Å². The summed E-state index contributed by atoms with van der Waals surface area (Å²) in [5.41, 5.74) is 0. The first-order valence-corrected chi connectivity index (χ1v) is 26.1. The van der Waals surface area contributed by atoms with Crippen molar-refractivity contribution in [3.8, 4) is 0 Å². The number of phosphoric ester groups is 1. The summed E-state index contributed by atoms with van der Waals surface area (Å²) in [6.07, 6.45) is 59.5. The summed E-state index contributed by atoms with van der Waals surface area (Å²) in [6.45, 7) is 3.58. The molecule has 0 bridgehead atoms. The van der Waals surface area contributed by atoms with Crippen molar-refractivity contribution in [3.63, 3.8) is 0 Å². The number of carbonyl (C=O) groups is 2. The summed E-state index contributed by atoms with van der Waals surface area (Å²) in [7, 11) is -4.77. The average Bonchev–Trinajstić information content (AvgIpc) is 3.22. The number of esters is 2. The molecule has 0 aliphatic rings. The minimum absolute atomic E-state index is 0.194. The molecule has 0 aromatic heterocycles. The highest BCUT2D eigenvalue weighted by atomic mass is 31.2. The van der Waals surface area contributed by atoms with Gasteiger partial charge in [0, 0.05) is 12.8 Å². The van der Waals surface area contributed by atoms with Gasteiger partial charge in [-0.2, -0.15) is 0 Å². The minimum Gasteiger partial charge on any atom is -0.462 e. The molecule has 0 rings (SSSR count). The molecule has 1 unspecified atom stereocenters. The fourth-order valence-electron chi connectivity index (χ4n) is 6.89. The second kappa shape index (κ2) is 46.3. The van der Waals surface area contributed by atoms with E-state index in [4.69, 9.17) is 19.3 Å². The number of hydrogen-bond donors (Lipinski definition) is 2. The molecule has 60 heavy (non-hydrogen) atoms. The summed E-state index contributed by atoms with van der Waals surface area (Å²) in [6, 6.07) is 0. The van der Waals surface area contributed by atoms with Crippen LogP contribution in [0.4, 0.5) is 0 Å². The lowest BCUT2D eigenvalue weighted by Crippen LogP contribution is -2.29. The quantitative estimate of drug-likeness (QED) is 0.0269. The van der Waals surface area contributed by atoms with E-state index in [9.17, 15) is 14.2 Å². The first kappa shape index (κ1) is 57.8. The highest BCUT2D eigenvalue weighted by Crippen LogP contribution is 2.36. The Labute approximate surface area is 368 Å². The van der Waals surface area contributed by atoms with E-state index in [1.165, 1.54) is 116 Å². The van der Waals surface area contributed by atoms with E-state index in [2.05, 4.69) is 79.1 Å². The van der Waals surface area contributed by atoms with Gasteiger partial charge < -0.3 is 19.3 Å². The van der Waals surface area contributed by atoms with Crippen LogP contribution in [0.15, 0.2) is 60.8 Å². The summed E-state index contributed by atoms with van der Waals surface area (Å²) in [5.74, 6) is -0.898. The maximum atomic E-state index is 12.5. The van der Waals surface area contributed by atoms with Gasteiger partial charge in [-0.1, -0.05) is 203 Å². The second-order valence-corrected chi connectivity index (χ2v) is 17.6. The van der Waals surface area contributed by atoms with E-state index in [1.807, 2.05) is 0 Å². The molecular weight excluding hydrogens is 772 g/mol. The zero-order valence-electron chi connectivity index (χ0n) is 38.6. The number of unbranched alkanes of at least 4 members (excludes halogenated alkanes) is 25. The molecule has 0 radical (unpaired) electrons. The monoisotopic (exact) mass is 863 g/mol. The van der Waals surface area contributed by atoms with Gasteiger partial charge in [0.2, 0.25) is 0 Å². The molecule has 0 aromatic carbocycles. The van der Waals surface area contributed by atoms with Crippen molar-refractivity contribution >= 4 is 19.8 Å². The van der Waals surface area contributed by atoms with Crippen LogP contribution in [0.1, 0.15) is 232 Å². The highest BCUT2D eigenvalue weighted by Gasteiger charge is 2.23. The number of ether oxygens (including phenoxy) is 2. The van der Waals surface area contributed by atoms with Gasteiger partial charge in [0.05, 0.1) is 6.61 Å². The van der Waals surface area contributed by atoms with Crippen molar-refractivity contribution in [2.24, 2.45) is 0 Å². The van der Waals surface area contributed by atoms with Crippen LogP contribution < -0.4 is 0 Å². The molecule has 9 heteroatoms. The summed E-state index contributed by atoms with van der Waals surface area (Å²) in [5, 5.41) is 0. The third kappa shape index (κ3) is 48.4. The van der Waals surface area contributed by atoms with Crippen LogP contribution >= 0.6 is 7.82 Å². The predicted molar refractivity (Wildman–Crippen MR) is 253 cm³/mol. The van der Waals surface area contributed by atoms with Gasteiger partial charge in [0.15, 0.2) is 6.10 Å². The Bertz CT molecular complexity index is 1150. The largest absolute Gasteiger partial charge is 0.469 e. The zero-order valence-corrected chi connectivity index (χ0v) is 39.5. The number of hydrogen-bond acceptors (Lipinski definition) is 6. The smallest absolute Gasteiger partial charge is 0.462 e. The zero-order chi connectivity index (χ0) is 43.9. The molecule has 2 N–H and O–H groups in total. The molecule has 0 amide bonds. The Kier molecular flexibility index (Phi) is 44.5. The number of allylic oxidation sites excluding steroid dienone is 10. The summed E-state index contributed by atoms with van der Waals surface area (Å²) < 4.78 is 26.5. The molecular formula is C51H91O8P. The first-order valence-electron chi connectivity index (χ1n) is 24.6. The highest BCUT2D eigenvalue weighted by molar-refractivity contribution is 7.46. The lowest BCUT2D eigenvalue weighted by molar-refractivity contribution is -0.161. The van der Waals surface area contributed by atoms with Crippen molar-refractivity contribution < 1.29 is 37.9 Å². The molecule has 0 fully saturated rings. The number of rotatable bonds is 45. The van der Waals surface area contributed by atoms with Crippen LogP contribution in [-0.2, 0) is 28.2 Å². The molecule has 8 nitrogen and oxygen atoms in total. The van der Waals surface area contributed by atoms with Crippen LogP contribution in [0.5, 0.6) is 0 Å². The van der Waals surface area contributed by atoms with E-state index in [0.29, 0.717) is 6.42 Å². The van der Waals surface area contributed by atoms with Crippen LogP contribution in [0.2, 0.25) is 0 Å². The van der Waals surface area contributed by atoms with Gasteiger partial charge in [-0.3, -0.25) is 14.1 Å². The Morgan fingerprint density at radius 3 is 1.22 bits per heavy atom. The second-order valence-electron chi connectivity index (χ2n) is 16.4. The lowest BCUT2D eigenvalue weighted by atomic mass is 10.0. The Balaban J connectivity index is 3.85. The third-order valence-corrected chi connectivity index (χ3v) is 11.0. The minimum atomic E-state index is -4.77. The maximum absolute atomic E-state index is 12.5. The molecule has 0 saturated heterocycles. The van der Waals surface area contributed by atoms with Crippen LogP contribution in [0.25, 0.3) is 0 Å². The standard InChI is InChI=1S/C51H91O8P/c1-3-5-7-9-11-13-15-17-19-21-23-24-25-26-28-29-31-33-35-37-39-41-43-45-50(52)57-47-49(48-58-60(54,55)56)59-51(53)46-44-42-40-38-36-34-32-30-27-22-20-18-16-14-12-10-8-6-4-2/h6,8,12,14,18,20-21,23,27,30,49H,3-5,7,9-11,13,15-17,19,22,24-26,28-29,31-48H2,1-2H3,(H2,54,55,56)/b8-6-,14-12-,20-18-,23-21-,30-27-. The van der Waals surface area contributed by atoms with Crippen LogP contribution in [0, 0.1) is 0 Å². The normalized spacial score (nSPS) is 12.9. The number of phosphoric acid groups is 1. The van der Waals surface area contributed by atoms with Gasteiger partial charge in [-0.15, -0.1) is 0 Å². The fourth-order valence-corrected chi connectivity index (χ4v) is 7.25. The molecule has 0 aliphatic carbocycles. The molecule has 0 aliphatic heterocycles. The SMILES string of the molecule is CC/C=C\C/C=C\C/C=C\C/C=C\CCCCCCCCC(=O)OC(COC(=O)CCCCCCCCCCCCC/C=C\CCCCCCCCCC)COP(=O)(O)O. The Hall–Kier alpha value is -2.25. The van der Waals surface area contributed by atoms with Gasteiger partial charge in [0.1, 0.15) is 6.61 Å². The van der Waals surface area contributed by atoms with Crippen molar-refractivity contribution in [2.75, 3.05) is 13.2 Å². The fraction of sp³-hybridized carbons (Fsp3) is 0.765. The number of carbonyl (C=O) groups excluding carboxylic acids is 2. The van der Waals surface area contributed by atoms with Crippen molar-refractivity contribution in [2.45, 2.75) is 238 Å². The first-order chi connectivity index (χ1) is 29.3. The third-order valence-electron chi connectivity index (χ3n) is 10.5. The van der Waals surface area contributed by atoms with E-state index in [0.717, 1.165) is 83.5 Å². The van der Waals surface area contributed by atoms with Gasteiger partial charge in [-0.05, 0) is 77.0 Å². The molecule has 1 atom stereocenters. The topological polar surface area (TPSA) is 119 Å². The van der Waals surface area contributed by atoms with Crippen LogP contribution in [-0.4, -0.2) is 41.0 Å². The van der Waals surface area contributed by atoms with Crippen molar-refractivity contribution in [3.05, 3.63) is 60.8 Å². The van der Waals surface area contributed by atoms with Gasteiger partial charge in [-0.25, -0.2) is 4.57 Å². The predicted octanol–water partition coefficient (Wildman–Crippen LogP) is 15.6. The molecule has 0 saturated carbocycles. The van der Waals surface area contributed by atoms with E-state index < -0.39 is 32.5 Å². The van der Waals surface area contributed by atoms with Gasteiger partial charge >= 0.3 is 19.8 Å². The summed E-state index contributed by atoms with van der Waals surface area (Å²) in [4.78, 5) is 43.1. The lowest BCUT2D eigenvalue weighted by Gasteiger charge is -2.18.